The molecule has 2 heterocycles. The number of aliphatic imine (C=N–C) groups is 1. The van der Waals surface area contributed by atoms with E-state index >= 15 is 0 Å². The minimum absolute atomic E-state index is 0.0245. The number of nitrogens with one attached hydrogen (secondary N) is 1. The number of methoxy groups -OCH3 is 4. The number of rotatable bonds is 4. The third-order valence-corrected chi connectivity index (χ3v) is 4.51. The molecule has 0 radical (unpaired) electrons. The second-order valence-electron chi connectivity index (χ2n) is 6.02. The first-order valence-corrected chi connectivity index (χ1v) is 8.09. The van der Waals surface area contributed by atoms with Crippen molar-refractivity contribution in [3.05, 3.63) is 23.4 Å². The largest absolute Gasteiger partial charge is 0.494 e. The number of benzene rings is 1. The Morgan fingerprint density at radius 1 is 1.07 bits per heavy atom. The van der Waals surface area contributed by atoms with Crippen LogP contribution < -0.4 is 4.74 Å². The third kappa shape index (κ3) is 2.78. The molecule has 3 rings (SSSR count). The molecule has 1 aliphatic rings. The Kier molecular flexibility index (Phi) is 4.82. The Labute approximate surface area is 159 Å². The van der Waals surface area contributed by atoms with E-state index in [-0.39, 0.29) is 33.9 Å². The summed E-state index contributed by atoms with van der Waals surface area (Å²) in [5, 5.41) is 11.7. The average molecular weight is 390 g/mol. The summed E-state index contributed by atoms with van der Waals surface area (Å²) in [6.45, 7) is 0. The number of carbonyl (C=O) groups is 3. The molecule has 1 unspecified atom stereocenters. The van der Waals surface area contributed by atoms with Crippen molar-refractivity contribution in [1.82, 2.24) is 4.98 Å². The first kappa shape index (κ1) is 19.4. The number of aliphatic hydroxyl groups is 1. The van der Waals surface area contributed by atoms with Crippen molar-refractivity contribution in [1.29, 1.82) is 0 Å². The van der Waals surface area contributed by atoms with Gasteiger partial charge in [-0.2, -0.15) is 0 Å². The molecule has 0 spiro atoms. The van der Waals surface area contributed by atoms with E-state index in [2.05, 4.69) is 14.7 Å². The fraction of sp³-hybridized carbons (Fsp3) is 0.333. The lowest BCUT2D eigenvalue weighted by atomic mass is 9.83. The molecule has 1 aliphatic heterocycles. The molecule has 0 amide bonds. The Bertz CT molecular complexity index is 1020. The van der Waals surface area contributed by atoms with E-state index in [0.717, 1.165) is 14.2 Å². The van der Waals surface area contributed by atoms with Gasteiger partial charge in [0.25, 0.3) is 0 Å². The van der Waals surface area contributed by atoms with Crippen LogP contribution in [0.3, 0.4) is 0 Å². The van der Waals surface area contributed by atoms with Crippen LogP contribution in [0.1, 0.15) is 22.5 Å². The van der Waals surface area contributed by atoms with Crippen molar-refractivity contribution in [3.63, 3.8) is 0 Å². The van der Waals surface area contributed by atoms with Crippen LogP contribution in [0, 0.1) is 0 Å². The first-order chi connectivity index (χ1) is 13.3. The molecule has 2 aromatic rings. The fourth-order valence-corrected chi connectivity index (χ4v) is 3.22. The number of aromatic nitrogens is 1. The molecule has 0 saturated heterocycles. The predicted octanol–water partition coefficient (Wildman–Crippen LogP) is 0.973. The van der Waals surface area contributed by atoms with E-state index in [1.807, 2.05) is 0 Å². The van der Waals surface area contributed by atoms with Crippen LogP contribution in [-0.4, -0.2) is 62.1 Å². The van der Waals surface area contributed by atoms with Crippen molar-refractivity contribution >= 4 is 40.2 Å². The maximum atomic E-state index is 12.5. The van der Waals surface area contributed by atoms with Gasteiger partial charge >= 0.3 is 17.9 Å². The number of ether oxygens (including phenoxy) is 4. The standard InChI is InChI=1S/C18H18N2O8/c1-25-11-6-8-5-9(15(21)26-2)19-13(8)12-14(11)20-10(16(22)27-3)7-18(12,24)17(23)28-4/h5-6,19,24H,7H2,1-4H3. The molecule has 10 nitrogen and oxygen atoms in total. The first-order valence-electron chi connectivity index (χ1n) is 8.09. The van der Waals surface area contributed by atoms with Gasteiger partial charge in [0.05, 0.1) is 34.0 Å². The molecule has 148 valence electrons. The van der Waals surface area contributed by atoms with E-state index in [1.165, 1.54) is 20.3 Å². The highest BCUT2D eigenvalue weighted by Crippen LogP contribution is 2.48. The zero-order chi connectivity index (χ0) is 20.6. The van der Waals surface area contributed by atoms with Gasteiger partial charge in [0.2, 0.25) is 0 Å². The number of aromatic amines is 1. The SMILES string of the molecule is COC(=O)C1=Nc2c(OC)cc3cc(C(=O)OC)[nH]c3c2C(O)(C(=O)OC)C1. The predicted molar refractivity (Wildman–Crippen MR) is 95.8 cm³/mol. The summed E-state index contributed by atoms with van der Waals surface area (Å²) >= 11 is 0. The van der Waals surface area contributed by atoms with Crippen LogP contribution in [0.25, 0.3) is 10.9 Å². The van der Waals surface area contributed by atoms with Crippen LogP contribution in [-0.2, 0) is 29.4 Å². The fourth-order valence-electron chi connectivity index (χ4n) is 3.22. The number of fused-ring (bicyclic) bond motifs is 3. The summed E-state index contributed by atoms with van der Waals surface area (Å²) in [6.07, 6.45) is -0.478. The zero-order valence-electron chi connectivity index (χ0n) is 15.6. The van der Waals surface area contributed by atoms with Gasteiger partial charge in [0, 0.05) is 17.4 Å². The molecule has 2 N–H and O–H groups in total. The number of H-pyrrole nitrogens is 1. The molecule has 0 fully saturated rings. The number of nitrogens with zero attached hydrogens (tertiary/aromatic N) is 1. The lowest BCUT2D eigenvalue weighted by molar-refractivity contribution is -0.162. The Balaban J connectivity index is 2.41. The molecule has 1 aromatic carbocycles. The van der Waals surface area contributed by atoms with Crippen molar-refractivity contribution in [3.8, 4) is 5.75 Å². The highest BCUT2D eigenvalue weighted by molar-refractivity contribution is 6.38. The van der Waals surface area contributed by atoms with E-state index < -0.39 is 29.9 Å². The van der Waals surface area contributed by atoms with Crippen LogP contribution in [0.4, 0.5) is 5.69 Å². The summed E-state index contributed by atoms with van der Waals surface area (Å²) in [4.78, 5) is 43.5. The molecule has 0 aliphatic carbocycles. The smallest absolute Gasteiger partial charge is 0.354 e. The number of hydrogen-bond acceptors (Lipinski definition) is 9. The molecule has 0 saturated carbocycles. The lowest BCUT2D eigenvalue weighted by Crippen LogP contribution is -2.42. The molecule has 0 bridgehead atoms. The molecule has 10 heteroatoms. The van der Waals surface area contributed by atoms with Crippen LogP contribution in [0.2, 0.25) is 0 Å². The van der Waals surface area contributed by atoms with Gasteiger partial charge in [-0.3, -0.25) is 0 Å². The Morgan fingerprint density at radius 2 is 1.75 bits per heavy atom. The third-order valence-electron chi connectivity index (χ3n) is 4.51. The van der Waals surface area contributed by atoms with Gasteiger partial charge in [-0.1, -0.05) is 0 Å². The summed E-state index contributed by atoms with van der Waals surface area (Å²) in [6, 6.07) is 3.04. The van der Waals surface area contributed by atoms with Gasteiger partial charge in [-0.05, 0) is 12.1 Å². The number of esters is 3. The summed E-state index contributed by atoms with van der Waals surface area (Å²) in [5.41, 5.74) is -2.01. The highest BCUT2D eigenvalue weighted by Gasteiger charge is 2.49. The van der Waals surface area contributed by atoms with Crippen molar-refractivity contribution < 1.29 is 38.4 Å². The molecular weight excluding hydrogens is 372 g/mol. The zero-order valence-corrected chi connectivity index (χ0v) is 15.6. The van der Waals surface area contributed by atoms with E-state index in [9.17, 15) is 19.5 Å². The van der Waals surface area contributed by atoms with Gasteiger partial charge in [0.1, 0.15) is 22.8 Å². The molecular formula is C18H18N2O8. The van der Waals surface area contributed by atoms with Gasteiger partial charge < -0.3 is 29.0 Å². The van der Waals surface area contributed by atoms with Crippen molar-refractivity contribution in [2.75, 3.05) is 28.4 Å². The maximum absolute atomic E-state index is 12.5. The normalized spacial score (nSPS) is 18.1. The van der Waals surface area contributed by atoms with E-state index in [0.29, 0.717) is 5.39 Å². The monoisotopic (exact) mass is 390 g/mol. The minimum Gasteiger partial charge on any atom is -0.494 e. The summed E-state index contributed by atoms with van der Waals surface area (Å²) < 4.78 is 19.5. The van der Waals surface area contributed by atoms with Crippen LogP contribution >= 0.6 is 0 Å². The Hall–Kier alpha value is -3.40. The van der Waals surface area contributed by atoms with Crippen LogP contribution in [0.5, 0.6) is 5.75 Å². The number of carbonyl (C=O) groups excluding carboxylic acids is 3. The summed E-state index contributed by atoms with van der Waals surface area (Å²) in [5.74, 6) is -2.27. The highest BCUT2D eigenvalue weighted by atomic mass is 16.5. The summed E-state index contributed by atoms with van der Waals surface area (Å²) in [7, 11) is 4.86. The van der Waals surface area contributed by atoms with Crippen molar-refractivity contribution in [2.45, 2.75) is 12.0 Å². The molecule has 1 atom stereocenters. The molecule has 1 aromatic heterocycles. The quantitative estimate of drug-likeness (QED) is 0.582. The maximum Gasteiger partial charge on any atom is 0.354 e. The topological polar surface area (TPSA) is 137 Å². The van der Waals surface area contributed by atoms with Gasteiger partial charge in [-0.25, -0.2) is 19.4 Å². The van der Waals surface area contributed by atoms with E-state index in [1.54, 1.807) is 6.07 Å². The van der Waals surface area contributed by atoms with E-state index in [4.69, 9.17) is 14.2 Å². The second kappa shape index (κ2) is 6.97. The number of hydrogen-bond donors (Lipinski definition) is 2. The molecule has 28 heavy (non-hydrogen) atoms. The minimum atomic E-state index is -2.26. The van der Waals surface area contributed by atoms with Crippen molar-refractivity contribution in [2.24, 2.45) is 4.99 Å². The van der Waals surface area contributed by atoms with Gasteiger partial charge in [0.15, 0.2) is 5.60 Å². The average Bonchev–Trinajstić information content (AvgIpc) is 3.14. The van der Waals surface area contributed by atoms with Crippen LogP contribution in [0.15, 0.2) is 17.1 Å². The van der Waals surface area contributed by atoms with Gasteiger partial charge in [-0.15, -0.1) is 0 Å². The lowest BCUT2D eigenvalue weighted by Gasteiger charge is -2.31. The second-order valence-corrected chi connectivity index (χ2v) is 6.02. The Morgan fingerprint density at radius 3 is 2.32 bits per heavy atom.